The molecule has 5 nitrogen and oxygen atoms in total. The maximum absolute atomic E-state index is 13.1. The van der Waals surface area contributed by atoms with Gasteiger partial charge in [-0.2, -0.15) is 0 Å². The quantitative estimate of drug-likeness (QED) is 0.474. The van der Waals surface area contributed by atoms with Crippen molar-refractivity contribution in [3.8, 4) is 0 Å². The van der Waals surface area contributed by atoms with Crippen LogP contribution in [0.3, 0.4) is 0 Å². The molecule has 110 valence electrons. The van der Waals surface area contributed by atoms with Crippen molar-refractivity contribution in [2.75, 3.05) is 12.3 Å². The van der Waals surface area contributed by atoms with E-state index in [1.54, 1.807) is 0 Å². The van der Waals surface area contributed by atoms with Gasteiger partial charge in [0, 0.05) is 12.2 Å². The number of anilines is 1. The summed E-state index contributed by atoms with van der Waals surface area (Å²) in [6.07, 6.45) is 0.847. The lowest BCUT2D eigenvalue weighted by Gasteiger charge is -2.14. The standard InChI is InChI=1S/C14H19FN2O3/c1-3-4-7-17-13(18)9(2)20-14(19)11-8-10(15)5-6-12(11)16/h5-6,8-9H,3-4,7,16H2,1-2H3,(H,17,18). The summed E-state index contributed by atoms with van der Waals surface area (Å²) in [6.45, 7) is 3.98. The fraction of sp³-hybridized carbons (Fsp3) is 0.429. The van der Waals surface area contributed by atoms with Crippen LogP contribution in [-0.2, 0) is 9.53 Å². The number of halogens is 1. The van der Waals surface area contributed by atoms with Crippen LogP contribution in [0.1, 0.15) is 37.0 Å². The first kappa shape index (κ1) is 15.9. The van der Waals surface area contributed by atoms with E-state index in [1.807, 2.05) is 6.92 Å². The number of amides is 1. The number of nitrogens with one attached hydrogen (secondary N) is 1. The van der Waals surface area contributed by atoms with E-state index in [2.05, 4.69) is 5.32 Å². The van der Waals surface area contributed by atoms with Crippen LogP contribution in [0.4, 0.5) is 10.1 Å². The van der Waals surface area contributed by atoms with E-state index in [4.69, 9.17) is 10.5 Å². The van der Waals surface area contributed by atoms with Crippen LogP contribution >= 0.6 is 0 Å². The molecule has 1 atom stereocenters. The highest BCUT2D eigenvalue weighted by Crippen LogP contribution is 2.15. The van der Waals surface area contributed by atoms with Crippen molar-refractivity contribution in [1.82, 2.24) is 5.32 Å². The smallest absolute Gasteiger partial charge is 0.341 e. The highest BCUT2D eigenvalue weighted by molar-refractivity contribution is 5.96. The Morgan fingerprint density at radius 2 is 2.15 bits per heavy atom. The topological polar surface area (TPSA) is 81.4 Å². The fourth-order valence-electron chi connectivity index (χ4n) is 1.51. The van der Waals surface area contributed by atoms with E-state index in [1.165, 1.54) is 13.0 Å². The maximum Gasteiger partial charge on any atom is 0.341 e. The summed E-state index contributed by atoms with van der Waals surface area (Å²) >= 11 is 0. The number of esters is 1. The highest BCUT2D eigenvalue weighted by atomic mass is 19.1. The summed E-state index contributed by atoms with van der Waals surface area (Å²) in [5.41, 5.74) is 5.59. The lowest BCUT2D eigenvalue weighted by atomic mass is 10.2. The molecule has 0 saturated carbocycles. The van der Waals surface area contributed by atoms with Crippen LogP contribution in [0.2, 0.25) is 0 Å². The van der Waals surface area contributed by atoms with Crippen molar-refractivity contribution in [3.05, 3.63) is 29.6 Å². The molecule has 1 amide bonds. The number of hydrogen-bond acceptors (Lipinski definition) is 4. The van der Waals surface area contributed by atoms with E-state index < -0.39 is 17.9 Å². The monoisotopic (exact) mass is 282 g/mol. The molecule has 0 heterocycles. The number of benzene rings is 1. The molecule has 0 bridgehead atoms. The van der Waals surface area contributed by atoms with Crippen molar-refractivity contribution in [1.29, 1.82) is 0 Å². The molecule has 0 spiro atoms. The van der Waals surface area contributed by atoms with Crippen LogP contribution in [0.15, 0.2) is 18.2 Å². The van der Waals surface area contributed by atoms with Gasteiger partial charge in [0.1, 0.15) is 5.82 Å². The van der Waals surface area contributed by atoms with Gasteiger partial charge in [0.25, 0.3) is 5.91 Å². The summed E-state index contributed by atoms with van der Waals surface area (Å²) in [5, 5.41) is 2.64. The molecular formula is C14H19FN2O3. The van der Waals surface area contributed by atoms with Crippen molar-refractivity contribution < 1.29 is 18.7 Å². The third-order valence-electron chi connectivity index (χ3n) is 2.72. The minimum Gasteiger partial charge on any atom is -0.449 e. The van der Waals surface area contributed by atoms with Gasteiger partial charge in [-0.05, 0) is 31.5 Å². The minimum atomic E-state index is -0.956. The molecule has 6 heteroatoms. The molecule has 0 saturated heterocycles. The Kier molecular flexibility index (Phi) is 5.96. The zero-order chi connectivity index (χ0) is 15.1. The van der Waals surface area contributed by atoms with Crippen LogP contribution < -0.4 is 11.1 Å². The van der Waals surface area contributed by atoms with Crippen molar-refractivity contribution in [2.45, 2.75) is 32.8 Å². The number of unbranched alkanes of at least 4 members (excludes halogenated alkanes) is 1. The lowest BCUT2D eigenvalue weighted by Crippen LogP contribution is -2.36. The molecule has 0 fully saturated rings. The highest BCUT2D eigenvalue weighted by Gasteiger charge is 2.20. The van der Waals surface area contributed by atoms with Gasteiger partial charge in [0.15, 0.2) is 6.10 Å². The number of carbonyl (C=O) groups is 2. The third-order valence-corrected chi connectivity index (χ3v) is 2.72. The van der Waals surface area contributed by atoms with Crippen molar-refractivity contribution in [2.24, 2.45) is 0 Å². The number of carbonyl (C=O) groups excluding carboxylic acids is 2. The molecule has 0 aliphatic carbocycles. The Bertz CT molecular complexity index is 491. The molecule has 0 radical (unpaired) electrons. The van der Waals surface area contributed by atoms with Crippen LogP contribution in [0.25, 0.3) is 0 Å². The number of rotatable bonds is 6. The molecule has 1 aromatic carbocycles. The second-order valence-corrected chi connectivity index (χ2v) is 4.42. The first-order chi connectivity index (χ1) is 9.45. The number of ether oxygens (including phenoxy) is 1. The molecule has 0 aromatic heterocycles. The largest absolute Gasteiger partial charge is 0.449 e. The molecule has 1 rings (SSSR count). The fourth-order valence-corrected chi connectivity index (χ4v) is 1.51. The number of nitrogens with two attached hydrogens (primary N) is 1. The molecule has 1 unspecified atom stereocenters. The number of hydrogen-bond donors (Lipinski definition) is 2. The first-order valence-corrected chi connectivity index (χ1v) is 6.49. The average Bonchev–Trinajstić information content (AvgIpc) is 2.41. The Hall–Kier alpha value is -2.11. The van der Waals surface area contributed by atoms with Gasteiger partial charge in [-0.1, -0.05) is 13.3 Å². The minimum absolute atomic E-state index is 0.0850. The van der Waals surface area contributed by atoms with Crippen molar-refractivity contribution in [3.63, 3.8) is 0 Å². The predicted octanol–water partition coefficient (Wildman–Crippen LogP) is 1.87. The van der Waals surface area contributed by atoms with Crippen LogP contribution in [-0.4, -0.2) is 24.5 Å². The Balaban J connectivity index is 2.61. The van der Waals surface area contributed by atoms with E-state index in [0.29, 0.717) is 6.54 Å². The SMILES string of the molecule is CCCCNC(=O)C(C)OC(=O)c1cc(F)ccc1N. The maximum atomic E-state index is 13.1. The van der Waals surface area contributed by atoms with E-state index in [0.717, 1.165) is 25.0 Å². The summed E-state index contributed by atoms with van der Waals surface area (Å²) < 4.78 is 18.0. The normalized spacial score (nSPS) is 11.8. The summed E-state index contributed by atoms with van der Waals surface area (Å²) in [4.78, 5) is 23.5. The Morgan fingerprint density at radius 1 is 1.45 bits per heavy atom. The van der Waals surface area contributed by atoms with Gasteiger partial charge in [-0.15, -0.1) is 0 Å². The lowest BCUT2D eigenvalue weighted by molar-refractivity contribution is -0.129. The van der Waals surface area contributed by atoms with E-state index in [9.17, 15) is 14.0 Å². The predicted molar refractivity (Wildman–Crippen MR) is 73.6 cm³/mol. The third kappa shape index (κ3) is 4.53. The average molecular weight is 282 g/mol. The van der Waals surface area contributed by atoms with E-state index >= 15 is 0 Å². The van der Waals surface area contributed by atoms with Crippen LogP contribution in [0, 0.1) is 5.82 Å². The zero-order valence-electron chi connectivity index (χ0n) is 11.6. The molecule has 3 N–H and O–H groups in total. The number of nitrogen functional groups attached to an aromatic ring is 1. The summed E-state index contributed by atoms with van der Waals surface area (Å²) in [7, 11) is 0. The first-order valence-electron chi connectivity index (χ1n) is 6.49. The van der Waals surface area contributed by atoms with Gasteiger partial charge < -0.3 is 15.8 Å². The summed E-state index contributed by atoms with van der Waals surface area (Å²) in [6, 6.07) is 3.41. The second-order valence-electron chi connectivity index (χ2n) is 4.42. The van der Waals surface area contributed by atoms with Gasteiger partial charge in [-0.25, -0.2) is 9.18 Å². The second kappa shape index (κ2) is 7.47. The zero-order valence-corrected chi connectivity index (χ0v) is 11.6. The van der Waals surface area contributed by atoms with Crippen molar-refractivity contribution >= 4 is 17.6 Å². The van der Waals surface area contributed by atoms with E-state index in [-0.39, 0.29) is 17.2 Å². The van der Waals surface area contributed by atoms with Gasteiger partial charge in [0.05, 0.1) is 5.56 Å². The van der Waals surface area contributed by atoms with Crippen LogP contribution in [0.5, 0.6) is 0 Å². The molecule has 1 aromatic rings. The Labute approximate surface area is 117 Å². The molecule has 0 aliphatic heterocycles. The van der Waals surface area contributed by atoms with Gasteiger partial charge >= 0.3 is 5.97 Å². The van der Waals surface area contributed by atoms with Gasteiger partial charge in [-0.3, -0.25) is 4.79 Å². The molecule has 0 aliphatic rings. The molecule has 20 heavy (non-hydrogen) atoms. The molecular weight excluding hydrogens is 263 g/mol. The Morgan fingerprint density at radius 3 is 2.80 bits per heavy atom. The van der Waals surface area contributed by atoms with Gasteiger partial charge in [0.2, 0.25) is 0 Å². The summed E-state index contributed by atoms with van der Waals surface area (Å²) in [5.74, 6) is -1.80.